The van der Waals surface area contributed by atoms with Crippen LogP contribution in [0.15, 0.2) is 48.5 Å². The van der Waals surface area contributed by atoms with Crippen molar-refractivity contribution in [2.24, 2.45) is 11.3 Å². The van der Waals surface area contributed by atoms with Crippen LogP contribution in [0.5, 0.6) is 0 Å². The van der Waals surface area contributed by atoms with E-state index in [0.717, 1.165) is 6.42 Å². The molecule has 0 radical (unpaired) electrons. The molecule has 1 aliphatic carbocycles. The molecule has 4 nitrogen and oxygen atoms in total. The van der Waals surface area contributed by atoms with Crippen molar-refractivity contribution < 1.29 is 14.6 Å². The summed E-state index contributed by atoms with van der Waals surface area (Å²) in [5.74, 6) is 0.169. The summed E-state index contributed by atoms with van der Waals surface area (Å²) in [6.07, 6.45) is 0.605. The third kappa shape index (κ3) is 3.23. The van der Waals surface area contributed by atoms with Crippen LogP contribution in [-0.2, 0) is 4.74 Å². The van der Waals surface area contributed by atoms with Crippen LogP contribution in [0, 0.1) is 11.3 Å². The monoisotopic (exact) mass is 365 g/mol. The maximum atomic E-state index is 12.7. The lowest BCUT2D eigenvalue weighted by molar-refractivity contribution is 0.0161. The average Bonchev–Trinajstić information content (AvgIpc) is 3.00. The minimum atomic E-state index is -0.272. The molecule has 4 heteroatoms. The van der Waals surface area contributed by atoms with E-state index >= 15 is 0 Å². The fourth-order valence-corrected chi connectivity index (χ4v) is 4.39. The molecular formula is C23H27NO3. The highest BCUT2D eigenvalue weighted by Crippen LogP contribution is 2.44. The van der Waals surface area contributed by atoms with Crippen molar-refractivity contribution in [1.82, 2.24) is 4.90 Å². The molecule has 0 bridgehead atoms. The van der Waals surface area contributed by atoms with Crippen LogP contribution in [0.25, 0.3) is 11.1 Å². The molecule has 0 saturated carbocycles. The minimum Gasteiger partial charge on any atom is -0.448 e. The van der Waals surface area contributed by atoms with Gasteiger partial charge in [-0.05, 0) is 34.1 Å². The molecule has 1 N–H and O–H groups in total. The number of carbonyl (C=O) groups excluding carboxylic acids is 1. The molecule has 1 unspecified atom stereocenters. The summed E-state index contributed by atoms with van der Waals surface area (Å²) in [5, 5.41) is 9.67. The lowest BCUT2D eigenvalue weighted by Gasteiger charge is -2.42. The maximum Gasteiger partial charge on any atom is 0.409 e. The number of hydrogen-bond acceptors (Lipinski definition) is 3. The third-order valence-corrected chi connectivity index (χ3v) is 6.39. The number of amides is 1. The first-order valence-corrected chi connectivity index (χ1v) is 9.72. The highest BCUT2D eigenvalue weighted by Gasteiger charge is 2.37. The number of rotatable bonds is 3. The predicted molar refractivity (Wildman–Crippen MR) is 106 cm³/mol. The fraction of sp³-hybridized carbons (Fsp3) is 0.435. The number of ether oxygens (including phenoxy) is 1. The molecule has 142 valence electrons. The van der Waals surface area contributed by atoms with Crippen molar-refractivity contribution >= 4 is 6.09 Å². The van der Waals surface area contributed by atoms with E-state index in [1.807, 2.05) is 12.1 Å². The van der Waals surface area contributed by atoms with Crippen molar-refractivity contribution in [3.8, 4) is 11.1 Å². The van der Waals surface area contributed by atoms with Crippen LogP contribution in [0.3, 0.4) is 0 Å². The molecule has 1 aliphatic heterocycles. The molecule has 0 spiro atoms. The second-order valence-electron chi connectivity index (χ2n) is 8.37. The summed E-state index contributed by atoms with van der Waals surface area (Å²) in [6, 6.07) is 16.7. The normalized spacial score (nSPS) is 20.9. The zero-order valence-electron chi connectivity index (χ0n) is 16.0. The summed E-state index contributed by atoms with van der Waals surface area (Å²) in [5.41, 5.74) is 4.96. The summed E-state index contributed by atoms with van der Waals surface area (Å²) < 4.78 is 5.75. The van der Waals surface area contributed by atoms with Gasteiger partial charge in [0.05, 0.1) is 0 Å². The van der Waals surface area contributed by atoms with Gasteiger partial charge >= 0.3 is 6.09 Å². The van der Waals surface area contributed by atoms with Gasteiger partial charge in [-0.3, -0.25) is 0 Å². The second-order valence-corrected chi connectivity index (χ2v) is 8.37. The Balaban J connectivity index is 1.47. The number of aliphatic hydroxyl groups excluding tert-OH is 1. The van der Waals surface area contributed by atoms with Crippen molar-refractivity contribution in [2.75, 3.05) is 26.3 Å². The molecule has 1 saturated heterocycles. The van der Waals surface area contributed by atoms with Crippen LogP contribution in [0.2, 0.25) is 0 Å². The number of aliphatic hydroxyl groups is 1. The predicted octanol–water partition coefficient (Wildman–Crippen LogP) is 4.28. The molecule has 2 aromatic carbocycles. The summed E-state index contributed by atoms with van der Waals surface area (Å²) in [4.78, 5) is 14.4. The molecule has 1 fully saturated rings. The number of carbonyl (C=O) groups is 1. The van der Waals surface area contributed by atoms with Gasteiger partial charge < -0.3 is 14.7 Å². The number of likely N-dealkylation sites (tertiary alicyclic amines) is 1. The summed E-state index contributed by atoms with van der Waals surface area (Å²) in [7, 11) is 0. The first kappa shape index (κ1) is 18.1. The number of hydrogen-bond donors (Lipinski definition) is 1. The lowest BCUT2D eigenvalue weighted by Crippen LogP contribution is -2.48. The molecule has 2 aliphatic rings. The van der Waals surface area contributed by atoms with Crippen molar-refractivity contribution in [2.45, 2.75) is 26.2 Å². The molecule has 1 amide bonds. The van der Waals surface area contributed by atoms with Crippen LogP contribution < -0.4 is 0 Å². The van der Waals surface area contributed by atoms with Gasteiger partial charge in [-0.25, -0.2) is 4.79 Å². The number of benzene rings is 2. The smallest absolute Gasteiger partial charge is 0.409 e. The molecule has 1 heterocycles. The Morgan fingerprint density at radius 1 is 1.11 bits per heavy atom. The van der Waals surface area contributed by atoms with Gasteiger partial charge in [0.25, 0.3) is 0 Å². The van der Waals surface area contributed by atoms with Crippen LogP contribution in [0.1, 0.15) is 37.3 Å². The van der Waals surface area contributed by atoms with Gasteiger partial charge in [-0.1, -0.05) is 62.4 Å². The van der Waals surface area contributed by atoms with Gasteiger partial charge in [0.15, 0.2) is 0 Å². The van der Waals surface area contributed by atoms with Crippen LogP contribution in [0.4, 0.5) is 4.79 Å². The fourth-order valence-electron chi connectivity index (χ4n) is 4.39. The average molecular weight is 365 g/mol. The van der Waals surface area contributed by atoms with Crippen molar-refractivity contribution in [3.63, 3.8) is 0 Å². The summed E-state index contributed by atoms with van der Waals surface area (Å²) in [6.45, 7) is 5.99. The highest BCUT2D eigenvalue weighted by molar-refractivity contribution is 5.79. The van der Waals surface area contributed by atoms with E-state index < -0.39 is 0 Å². The quantitative estimate of drug-likeness (QED) is 0.883. The third-order valence-electron chi connectivity index (χ3n) is 6.39. The second kappa shape index (κ2) is 7.01. The Morgan fingerprint density at radius 3 is 2.30 bits per heavy atom. The van der Waals surface area contributed by atoms with E-state index in [-0.39, 0.29) is 30.0 Å². The standard InChI is InChI=1S/C23H27NO3/c1-23(2)11-12-24(13-16(23)14-25)22(26)27-15-21-19-9-5-3-7-17(19)18-8-4-6-10-20(18)21/h3-10,16,21,25H,11-15H2,1-2H3. The minimum absolute atomic E-state index is 0.0505. The van der Waals surface area contributed by atoms with E-state index in [4.69, 9.17) is 4.74 Å². The largest absolute Gasteiger partial charge is 0.448 e. The first-order valence-electron chi connectivity index (χ1n) is 9.72. The molecule has 4 rings (SSSR count). The Hall–Kier alpha value is -2.33. The Kier molecular flexibility index (Phi) is 4.68. The van der Waals surface area contributed by atoms with Crippen LogP contribution in [-0.4, -0.2) is 42.4 Å². The van der Waals surface area contributed by atoms with E-state index in [0.29, 0.717) is 19.7 Å². The van der Waals surface area contributed by atoms with Gasteiger partial charge in [0, 0.05) is 31.5 Å². The number of fused-ring (bicyclic) bond motifs is 3. The van der Waals surface area contributed by atoms with E-state index in [2.05, 4.69) is 50.2 Å². The zero-order valence-corrected chi connectivity index (χ0v) is 16.0. The summed E-state index contributed by atoms with van der Waals surface area (Å²) >= 11 is 0. The molecule has 1 atom stereocenters. The Bertz CT molecular complexity index is 800. The van der Waals surface area contributed by atoms with Gasteiger partial charge in [0.2, 0.25) is 0 Å². The highest BCUT2D eigenvalue weighted by atomic mass is 16.6. The van der Waals surface area contributed by atoms with E-state index in [9.17, 15) is 9.90 Å². The Morgan fingerprint density at radius 2 is 1.70 bits per heavy atom. The molecule has 2 aromatic rings. The number of nitrogens with zero attached hydrogens (tertiary/aromatic N) is 1. The van der Waals surface area contributed by atoms with Crippen LogP contribution >= 0.6 is 0 Å². The maximum absolute atomic E-state index is 12.7. The SMILES string of the molecule is CC1(C)CCN(C(=O)OCC2c3ccccc3-c3ccccc32)CC1CO. The Labute approximate surface area is 160 Å². The number of piperidine rings is 1. The van der Waals surface area contributed by atoms with Crippen molar-refractivity contribution in [3.05, 3.63) is 59.7 Å². The topological polar surface area (TPSA) is 49.8 Å². The lowest BCUT2D eigenvalue weighted by atomic mass is 9.74. The molecule has 27 heavy (non-hydrogen) atoms. The van der Waals surface area contributed by atoms with Gasteiger partial charge in [-0.15, -0.1) is 0 Å². The van der Waals surface area contributed by atoms with Gasteiger partial charge in [-0.2, -0.15) is 0 Å². The first-order chi connectivity index (χ1) is 13.0. The molecule has 0 aromatic heterocycles. The van der Waals surface area contributed by atoms with Crippen molar-refractivity contribution in [1.29, 1.82) is 0 Å². The van der Waals surface area contributed by atoms with Gasteiger partial charge in [0.1, 0.15) is 6.61 Å². The van der Waals surface area contributed by atoms with E-state index in [1.54, 1.807) is 4.90 Å². The van der Waals surface area contributed by atoms with E-state index in [1.165, 1.54) is 22.3 Å². The zero-order chi connectivity index (χ0) is 19.0. The molecular weight excluding hydrogens is 338 g/mol.